The van der Waals surface area contributed by atoms with Crippen LogP contribution in [0.3, 0.4) is 0 Å². The Hall–Kier alpha value is -2.38. The van der Waals surface area contributed by atoms with Gasteiger partial charge < -0.3 is 20.7 Å². The molecule has 4 rings (SSSR count). The van der Waals surface area contributed by atoms with Crippen molar-refractivity contribution >= 4 is 28.8 Å². The number of hydrogen-bond donors (Lipinski definition) is 3. The van der Waals surface area contributed by atoms with Gasteiger partial charge in [0, 0.05) is 42.1 Å². The lowest BCUT2D eigenvalue weighted by Gasteiger charge is -2.21. The highest BCUT2D eigenvalue weighted by atomic mass is 32.1. The van der Waals surface area contributed by atoms with E-state index in [1.54, 1.807) is 30.3 Å². The number of carbonyl (C=O) groups excluding carboxylic acids is 2. The summed E-state index contributed by atoms with van der Waals surface area (Å²) in [5.41, 5.74) is 1.35. The maximum atomic E-state index is 12.4. The summed E-state index contributed by atoms with van der Waals surface area (Å²) in [6.07, 6.45) is 3.38. The summed E-state index contributed by atoms with van der Waals surface area (Å²) in [7, 11) is 0. The minimum Gasteiger partial charge on any atom is -0.447 e. The Bertz CT molecular complexity index is 818. The van der Waals surface area contributed by atoms with E-state index in [2.05, 4.69) is 16.0 Å². The monoisotopic (exact) mass is 371 g/mol. The third-order valence-electron chi connectivity index (χ3n) is 4.85. The Morgan fingerprint density at radius 3 is 2.69 bits per heavy atom. The van der Waals surface area contributed by atoms with Crippen LogP contribution in [0.1, 0.15) is 36.5 Å². The van der Waals surface area contributed by atoms with Crippen LogP contribution in [0.4, 0.5) is 5.69 Å². The molecule has 1 aromatic carbocycles. The summed E-state index contributed by atoms with van der Waals surface area (Å²) in [5.74, 6) is 0.495. The number of rotatable bonds is 5. The molecular formula is C19H21N3O3S. The summed E-state index contributed by atoms with van der Waals surface area (Å²) >= 11 is 1.40. The van der Waals surface area contributed by atoms with Crippen LogP contribution in [0.25, 0.3) is 0 Å². The topological polar surface area (TPSA) is 79.5 Å². The molecule has 2 aliphatic heterocycles. The van der Waals surface area contributed by atoms with Crippen molar-refractivity contribution in [2.45, 2.75) is 44.3 Å². The molecule has 3 N–H and O–H groups in total. The van der Waals surface area contributed by atoms with Crippen LogP contribution < -0.4 is 20.7 Å². The SMILES string of the molecule is CC(=O)Nc1csc(Oc2ccc(C(=O)N[C@@H]3C[C@H]4CC[C@@H]3N4)cc2)c1. The molecule has 2 fully saturated rings. The first kappa shape index (κ1) is 17.1. The first-order chi connectivity index (χ1) is 12.6. The number of ether oxygens (including phenoxy) is 1. The number of anilines is 1. The van der Waals surface area contributed by atoms with Crippen molar-refractivity contribution in [3.8, 4) is 10.8 Å². The molecule has 2 aliphatic rings. The molecule has 3 heterocycles. The minimum atomic E-state index is -0.115. The van der Waals surface area contributed by atoms with E-state index in [0.717, 1.165) is 12.8 Å². The molecule has 0 radical (unpaired) electrons. The molecule has 0 unspecified atom stereocenters. The Labute approximate surface area is 155 Å². The van der Waals surface area contributed by atoms with E-state index in [9.17, 15) is 9.59 Å². The maximum Gasteiger partial charge on any atom is 0.251 e. The van der Waals surface area contributed by atoms with E-state index in [-0.39, 0.29) is 17.9 Å². The summed E-state index contributed by atoms with van der Waals surface area (Å²) in [5, 5.41) is 11.9. The van der Waals surface area contributed by atoms with E-state index in [4.69, 9.17) is 4.74 Å². The second-order valence-corrected chi connectivity index (χ2v) is 7.70. The van der Waals surface area contributed by atoms with E-state index in [1.165, 1.54) is 24.7 Å². The Balaban J connectivity index is 1.35. The largest absolute Gasteiger partial charge is 0.447 e. The van der Waals surface area contributed by atoms with Crippen molar-refractivity contribution in [3.05, 3.63) is 41.3 Å². The summed E-state index contributed by atoms with van der Waals surface area (Å²) in [6, 6.07) is 10.1. The van der Waals surface area contributed by atoms with Crippen LogP contribution in [0.15, 0.2) is 35.7 Å². The number of amides is 2. The number of thiophene rings is 1. The second-order valence-electron chi connectivity index (χ2n) is 6.83. The highest BCUT2D eigenvalue weighted by Gasteiger charge is 2.39. The highest BCUT2D eigenvalue weighted by molar-refractivity contribution is 7.12. The number of benzene rings is 1. The predicted molar refractivity (Wildman–Crippen MR) is 101 cm³/mol. The van der Waals surface area contributed by atoms with Crippen LogP contribution in [0, 0.1) is 0 Å². The predicted octanol–water partition coefficient (Wildman–Crippen LogP) is 3.12. The van der Waals surface area contributed by atoms with Crippen molar-refractivity contribution in [3.63, 3.8) is 0 Å². The van der Waals surface area contributed by atoms with Crippen molar-refractivity contribution in [2.75, 3.05) is 5.32 Å². The van der Waals surface area contributed by atoms with E-state index in [0.29, 0.717) is 34.1 Å². The van der Waals surface area contributed by atoms with Crippen LogP contribution in [-0.2, 0) is 4.79 Å². The van der Waals surface area contributed by atoms with E-state index in [1.807, 2.05) is 5.38 Å². The molecule has 3 atom stereocenters. The van der Waals surface area contributed by atoms with Gasteiger partial charge in [-0.2, -0.15) is 0 Å². The zero-order valence-electron chi connectivity index (χ0n) is 14.5. The lowest BCUT2D eigenvalue weighted by molar-refractivity contribution is -0.114. The lowest BCUT2D eigenvalue weighted by Crippen LogP contribution is -2.42. The first-order valence-electron chi connectivity index (χ1n) is 8.78. The molecule has 2 bridgehead atoms. The summed E-state index contributed by atoms with van der Waals surface area (Å²) < 4.78 is 5.77. The van der Waals surface area contributed by atoms with Gasteiger partial charge in [0.1, 0.15) is 5.75 Å². The molecule has 7 heteroatoms. The number of nitrogens with one attached hydrogen (secondary N) is 3. The summed E-state index contributed by atoms with van der Waals surface area (Å²) in [4.78, 5) is 23.5. The summed E-state index contributed by atoms with van der Waals surface area (Å²) in [6.45, 7) is 1.47. The molecule has 2 aromatic rings. The van der Waals surface area contributed by atoms with Crippen molar-refractivity contribution in [1.29, 1.82) is 0 Å². The Morgan fingerprint density at radius 1 is 1.23 bits per heavy atom. The van der Waals surface area contributed by atoms with Crippen molar-refractivity contribution < 1.29 is 14.3 Å². The number of carbonyl (C=O) groups is 2. The highest BCUT2D eigenvalue weighted by Crippen LogP contribution is 2.31. The number of hydrogen-bond acceptors (Lipinski definition) is 5. The van der Waals surface area contributed by atoms with Gasteiger partial charge in [-0.1, -0.05) is 0 Å². The van der Waals surface area contributed by atoms with Gasteiger partial charge in [-0.25, -0.2) is 0 Å². The van der Waals surface area contributed by atoms with Gasteiger partial charge in [0.2, 0.25) is 5.91 Å². The second kappa shape index (κ2) is 7.09. The molecule has 6 nitrogen and oxygen atoms in total. The molecule has 0 aliphatic carbocycles. The van der Waals surface area contributed by atoms with E-state index < -0.39 is 0 Å². The first-order valence-corrected chi connectivity index (χ1v) is 9.66. The fraction of sp³-hybridized carbons (Fsp3) is 0.368. The molecule has 1 aromatic heterocycles. The average molecular weight is 371 g/mol. The molecule has 0 saturated carbocycles. The van der Waals surface area contributed by atoms with Gasteiger partial charge >= 0.3 is 0 Å². The maximum absolute atomic E-state index is 12.4. The van der Waals surface area contributed by atoms with Gasteiger partial charge in [0.15, 0.2) is 5.06 Å². The Morgan fingerprint density at radius 2 is 2.04 bits per heavy atom. The minimum absolute atomic E-state index is 0.0417. The van der Waals surface area contributed by atoms with Crippen LogP contribution in [-0.4, -0.2) is 29.9 Å². The van der Waals surface area contributed by atoms with Crippen LogP contribution >= 0.6 is 11.3 Å². The van der Waals surface area contributed by atoms with Gasteiger partial charge in [-0.05, 0) is 43.5 Å². The standard InChI is InChI=1S/C19H21N3O3S/c1-11(23)20-14-9-18(26-10-14)25-15-5-2-12(3-6-15)19(24)22-17-8-13-4-7-16(17)21-13/h2-3,5-6,9-10,13,16-17,21H,4,7-8H2,1H3,(H,20,23)(H,22,24)/t13-,16+,17-/m1/s1. The fourth-order valence-electron chi connectivity index (χ4n) is 3.66. The van der Waals surface area contributed by atoms with Crippen LogP contribution in [0.5, 0.6) is 10.8 Å². The van der Waals surface area contributed by atoms with Gasteiger partial charge in [-0.3, -0.25) is 9.59 Å². The van der Waals surface area contributed by atoms with Gasteiger partial charge in [-0.15, -0.1) is 11.3 Å². The van der Waals surface area contributed by atoms with E-state index >= 15 is 0 Å². The lowest BCUT2D eigenvalue weighted by atomic mass is 9.95. The van der Waals surface area contributed by atoms with Gasteiger partial charge in [0.25, 0.3) is 5.91 Å². The molecule has 2 saturated heterocycles. The zero-order chi connectivity index (χ0) is 18.1. The Kier molecular flexibility index (Phi) is 4.65. The molecule has 2 amide bonds. The molecular weight excluding hydrogens is 350 g/mol. The van der Waals surface area contributed by atoms with Crippen molar-refractivity contribution in [2.24, 2.45) is 0 Å². The molecule has 0 spiro atoms. The van der Waals surface area contributed by atoms with Gasteiger partial charge in [0.05, 0.1) is 5.69 Å². The quantitative estimate of drug-likeness (QED) is 0.754. The number of fused-ring (bicyclic) bond motifs is 2. The van der Waals surface area contributed by atoms with Crippen LogP contribution in [0.2, 0.25) is 0 Å². The zero-order valence-corrected chi connectivity index (χ0v) is 15.3. The molecule has 136 valence electrons. The van der Waals surface area contributed by atoms with Crippen molar-refractivity contribution in [1.82, 2.24) is 10.6 Å². The molecule has 26 heavy (non-hydrogen) atoms. The average Bonchev–Trinajstić information content (AvgIpc) is 3.32. The normalized spacial score (nSPS) is 23.7. The smallest absolute Gasteiger partial charge is 0.251 e. The third kappa shape index (κ3) is 3.73. The third-order valence-corrected chi connectivity index (χ3v) is 5.65. The fourth-order valence-corrected chi connectivity index (χ4v) is 4.37.